The average molecular weight is 453 g/mol. The van der Waals surface area contributed by atoms with Crippen molar-refractivity contribution in [3.8, 4) is 0 Å². The molecular formula is C28H40N2O3. The third-order valence-electron chi connectivity index (χ3n) is 5.63. The predicted octanol–water partition coefficient (Wildman–Crippen LogP) is 5.94. The monoisotopic (exact) mass is 452 g/mol. The normalized spacial score (nSPS) is 14.2. The molecule has 5 nitrogen and oxygen atoms in total. The molecule has 3 atom stereocenters. The number of hydrogen-bond acceptors (Lipinski definition) is 4. The van der Waals surface area contributed by atoms with Crippen LogP contribution in [0, 0.1) is 5.92 Å². The highest BCUT2D eigenvalue weighted by molar-refractivity contribution is 5.68. The Kier molecular flexibility index (Phi) is 10.1. The van der Waals surface area contributed by atoms with Crippen molar-refractivity contribution in [3.63, 3.8) is 0 Å². The molecule has 0 heterocycles. The summed E-state index contributed by atoms with van der Waals surface area (Å²) in [5, 5.41) is 0. The van der Waals surface area contributed by atoms with Crippen molar-refractivity contribution in [2.75, 3.05) is 6.61 Å². The van der Waals surface area contributed by atoms with E-state index < -0.39 is 5.60 Å². The molecular weight excluding hydrogens is 412 g/mol. The Balaban J connectivity index is 2.23. The number of nitrogens with zero attached hydrogens (tertiary/aromatic N) is 1. The highest BCUT2D eigenvalue weighted by atomic mass is 16.6. The summed E-state index contributed by atoms with van der Waals surface area (Å²) in [6.07, 6.45) is 0.329. The van der Waals surface area contributed by atoms with Gasteiger partial charge >= 0.3 is 6.09 Å². The SMILES string of the molecule is C=C(C)C(N)C[C@@H](COCc1ccccc1)[C@@H](C)N(Cc1ccccc1)C(=O)OC(C)(C)C. The lowest BCUT2D eigenvalue weighted by atomic mass is 9.90. The third-order valence-corrected chi connectivity index (χ3v) is 5.63. The third kappa shape index (κ3) is 9.40. The van der Waals surface area contributed by atoms with Gasteiger partial charge in [0.25, 0.3) is 0 Å². The van der Waals surface area contributed by atoms with Crippen LogP contribution in [0.5, 0.6) is 0 Å². The van der Waals surface area contributed by atoms with Crippen LogP contribution in [0.2, 0.25) is 0 Å². The van der Waals surface area contributed by atoms with E-state index in [4.69, 9.17) is 15.2 Å². The Labute approximate surface area is 199 Å². The van der Waals surface area contributed by atoms with Gasteiger partial charge in [0.1, 0.15) is 5.60 Å². The van der Waals surface area contributed by atoms with Crippen molar-refractivity contribution in [2.24, 2.45) is 11.7 Å². The van der Waals surface area contributed by atoms with E-state index >= 15 is 0 Å². The van der Waals surface area contributed by atoms with Gasteiger partial charge in [-0.1, -0.05) is 72.8 Å². The number of nitrogens with two attached hydrogens (primary N) is 1. The summed E-state index contributed by atoms with van der Waals surface area (Å²) >= 11 is 0. The highest BCUT2D eigenvalue weighted by Gasteiger charge is 2.32. The van der Waals surface area contributed by atoms with Crippen molar-refractivity contribution in [1.82, 2.24) is 4.90 Å². The Morgan fingerprint density at radius 2 is 1.58 bits per heavy atom. The average Bonchev–Trinajstić information content (AvgIpc) is 2.76. The largest absolute Gasteiger partial charge is 0.444 e. The quantitative estimate of drug-likeness (QED) is 0.429. The number of rotatable bonds is 11. The van der Waals surface area contributed by atoms with E-state index in [0.717, 1.165) is 16.7 Å². The Hall–Kier alpha value is -2.63. The Morgan fingerprint density at radius 1 is 1.03 bits per heavy atom. The van der Waals surface area contributed by atoms with Crippen LogP contribution in [-0.2, 0) is 22.6 Å². The maximum absolute atomic E-state index is 13.2. The summed E-state index contributed by atoms with van der Waals surface area (Å²) < 4.78 is 11.9. The zero-order valence-corrected chi connectivity index (χ0v) is 20.8. The molecule has 0 aromatic heterocycles. The van der Waals surface area contributed by atoms with E-state index in [1.54, 1.807) is 4.90 Å². The molecule has 1 amide bonds. The second-order valence-corrected chi connectivity index (χ2v) is 9.78. The first-order valence-corrected chi connectivity index (χ1v) is 11.6. The molecule has 0 aliphatic rings. The number of amides is 1. The molecule has 0 aliphatic heterocycles. The highest BCUT2D eigenvalue weighted by Crippen LogP contribution is 2.24. The topological polar surface area (TPSA) is 64.8 Å². The van der Waals surface area contributed by atoms with Crippen LogP contribution in [0.1, 0.15) is 52.2 Å². The molecule has 33 heavy (non-hydrogen) atoms. The molecule has 1 unspecified atom stereocenters. The summed E-state index contributed by atoms with van der Waals surface area (Å²) in [5.41, 5.74) is 8.87. The summed E-state index contributed by atoms with van der Waals surface area (Å²) in [6.45, 7) is 15.1. The summed E-state index contributed by atoms with van der Waals surface area (Å²) in [4.78, 5) is 15.0. The lowest BCUT2D eigenvalue weighted by Gasteiger charge is -2.37. The zero-order valence-electron chi connectivity index (χ0n) is 20.8. The molecule has 0 fully saturated rings. The zero-order chi connectivity index (χ0) is 24.4. The van der Waals surface area contributed by atoms with Crippen LogP contribution in [0.4, 0.5) is 4.79 Å². The molecule has 180 valence electrons. The summed E-state index contributed by atoms with van der Waals surface area (Å²) in [6, 6.07) is 19.7. The van der Waals surface area contributed by atoms with E-state index in [-0.39, 0.29) is 24.1 Å². The molecule has 0 bridgehead atoms. The maximum atomic E-state index is 13.2. The van der Waals surface area contributed by atoms with Gasteiger partial charge in [-0.2, -0.15) is 0 Å². The van der Waals surface area contributed by atoms with Crippen molar-refractivity contribution in [2.45, 2.75) is 71.9 Å². The number of ether oxygens (including phenoxy) is 2. The lowest BCUT2D eigenvalue weighted by Crippen LogP contribution is -2.47. The van der Waals surface area contributed by atoms with Gasteiger partial charge < -0.3 is 20.1 Å². The van der Waals surface area contributed by atoms with Crippen LogP contribution in [0.3, 0.4) is 0 Å². The van der Waals surface area contributed by atoms with E-state index in [1.807, 2.05) is 88.4 Å². The fourth-order valence-electron chi connectivity index (χ4n) is 3.56. The Morgan fingerprint density at radius 3 is 2.09 bits per heavy atom. The summed E-state index contributed by atoms with van der Waals surface area (Å²) in [5.74, 6) is 0.0108. The van der Waals surface area contributed by atoms with Gasteiger partial charge in [-0.05, 0) is 52.2 Å². The fraction of sp³-hybridized carbons (Fsp3) is 0.464. The van der Waals surface area contributed by atoms with Crippen LogP contribution < -0.4 is 5.73 Å². The first-order chi connectivity index (χ1) is 15.6. The van der Waals surface area contributed by atoms with Crippen LogP contribution >= 0.6 is 0 Å². The number of hydrogen-bond donors (Lipinski definition) is 1. The van der Waals surface area contributed by atoms with E-state index in [9.17, 15) is 4.79 Å². The van der Waals surface area contributed by atoms with E-state index in [2.05, 4.69) is 13.5 Å². The fourth-order valence-corrected chi connectivity index (χ4v) is 3.56. The van der Waals surface area contributed by atoms with Crippen molar-refractivity contribution in [3.05, 3.63) is 83.9 Å². The van der Waals surface area contributed by atoms with Gasteiger partial charge in [0.2, 0.25) is 0 Å². The Bertz CT molecular complexity index is 862. The predicted molar refractivity (Wildman–Crippen MR) is 135 cm³/mol. The standard InChI is InChI=1S/C28H40N2O3/c1-21(2)26(29)17-25(20-32-19-24-15-11-8-12-16-24)22(3)30(27(31)33-28(4,5)6)18-23-13-9-7-10-14-23/h7-16,22,25-26H,1,17-20,29H2,2-6H3/t22-,25+,26?/m1/s1. The molecule has 2 rings (SSSR count). The van der Waals surface area contributed by atoms with Crippen LogP contribution in [0.25, 0.3) is 0 Å². The van der Waals surface area contributed by atoms with Crippen molar-refractivity contribution in [1.29, 1.82) is 0 Å². The van der Waals surface area contributed by atoms with Gasteiger partial charge in [0.15, 0.2) is 0 Å². The molecule has 0 spiro atoms. The minimum Gasteiger partial charge on any atom is -0.444 e. The van der Waals surface area contributed by atoms with Gasteiger partial charge in [-0.3, -0.25) is 0 Å². The second kappa shape index (κ2) is 12.6. The molecule has 2 N–H and O–H groups in total. The van der Waals surface area contributed by atoms with Crippen LogP contribution in [-0.4, -0.2) is 35.3 Å². The maximum Gasteiger partial charge on any atom is 0.410 e. The van der Waals surface area contributed by atoms with E-state index in [1.165, 1.54) is 0 Å². The van der Waals surface area contributed by atoms with Gasteiger partial charge in [0.05, 0.1) is 13.2 Å². The summed E-state index contributed by atoms with van der Waals surface area (Å²) in [7, 11) is 0. The number of carbonyl (C=O) groups excluding carboxylic acids is 1. The van der Waals surface area contributed by atoms with E-state index in [0.29, 0.717) is 26.2 Å². The van der Waals surface area contributed by atoms with Crippen molar-refractivity contribution >= 4 is 6.09 Å². The first-order valence-electron chi connectivity index (χ1n) is 11.6. The van der Waals surface area contributed by atoms with Crippen molar-refractivity contribution < 1.29 is 14.3 Å². The number of benzene rings is 2. The molecule has 0 saturated carbocycles. The van der Waals surface area contributed by atoms with Crippen LogP contribution in [0.15, 0.2) is 72.8 Å². The van der Waals surface area contributed by atoms with Gasteiger partial charge in [-0.25, -0.2) is 4.79 Å². The second-order valence-electron chi connectivity index (χ2n) is 9.78. The molecule has 0 radical (unpaired) electrons. The number of carbonyl (C=O) groups is 1. The molecule has 5 heteroatoms. The lowest BCUT2D eigenvalue weighted by molar-refractivity contribution is -0.00368. The molecule has 2 aromatic carbocycles. The minimum absolute atomic E-state index is 0.0108. The van der Waals surface area contributed by atoms with Gasteiger partial charge in [-0.15, -0.1) is 0 Å². The van der Waals surface area contributed by atoms with Gasteiger partial charge in [0, 0.05) is 24.5 Å². The molecule has 0 aliphatic carbocycles. The first kappa shape index (κ1) is 26.6. The molecule has 0 saturated heterocycles. The molecule has 2 aromatic rings. The smallest absolute Gasteiger partial charge is 0.410 e. The minimum atomic E-state index is -0.584.